The van der Waals surface area contributed by atoms with E-state index in [9.17, 15) is 9.50 Å². The van der Waals surface area contributed by atoms with Crippen LogP contribution in [-0.4, -0.2) is 61.0 Å². The normalized spacial score (nSPS) is 15.8. The number of aryl methyl sites for hydroxylation is 1. The lowest BCUT2D eigenvalue weighted by molar-refractivity contribution is -0.726. The second-order valence-electron chi connectivity index (χ2n) is 9.44. The Bertz CT molecular complexity index is 1530. The van der Waals surface area contributed by atoms with E-state index < -0.39 is 5.60 Å². The number of hydrogen-bond donors (Lipinski definition) is 2. The van der Waals surface area contributed by atoms with E-state index in [-0.39, 0.29) is 5.82 Å². The molecule has 37 heavy (non-hydrogen) atoms. The van der Waals surface area contributed by atoms with Crippen LogP contribution in [0.1, 0.15) is 18.1 Å². The summed E-state index contributed by atoms with van der Waals surface area (Å²) in [6.07, 6.45) is 10.9. The zero-order valence-corrected chi connectivity index (χ0v) is 20.6. The molecule has 0 radical (unpaired) electrons. The Balaban J connectivity index is 1.17. The van der Waals surface area contributed by atoms with Crippen LogP contribution in [0.2, 0.25) is 0 Å². The van der Waals surface area contributed by atoms with Gasteiger partial charge in [-0.25, -0.2) is 23.9 Å². The van der Waals surface area contributed by atoms with Crippen molar-refractivity contribution in [2.75, 3.05) is 36.0 Å². The van der Waals surface area contributed by atoms with E-state index in [4.69, 9.17) is 0 Å². The van der Waals surface area contributed by atoms with Crippen molar-refractivity contribution < 1.29 is 14.2 Å². The lowest BCUT2D eigenvalue weighted by Gasteiger charge is -2.35. The van der Waals surface area contributed by atoms with E-state index in [2.05, 4.69) is 41.0 Å². The quantitative estimate of drug-likeness (QED) is 0.356. The Morgan fingerprint density at radius 3 is 2.35 bits per heavy atom. The van der Waals surface area contributed by atoms with Crippen LogP contribution in [0, 0.1) is 5.82 Å². The number of aromatic amines is 1. The molecule has 1 aromatic carbocycles. The van der Waals surface area contributed by atoms with Gasteiger partial charge >= 0.3 is 0 Å². The minimum Gasteiger partial charge on any atom is -0.381 e. The molecule has 1 atom stereocenters. The second kappa shape index (κ2) is 8.93. The van der Waals surface area contributed by atoms with E-state index in [1.165, 1.54) is 12.1 Å². The number of nitrogens with zero attached hydrogens (tertiary/aromatic N) is 8. The van der Waals surface area contributed by atoms with Gasteiger partial charge in [-0.3, -0.25) is 0 Å². The summed E-state index contributed by atoms with van der Waals surface area (Å²) in [4.78, 5) is 18.0. The standard InChI is InChI=1S/C26H26FN9O/c1-26(37,20-3-5-22(27)6-4-20)21-13-28-25(29-14-21)35-9-7-34(8-10-35)24-23-11-18(16-36(23)32-17-30-24)19-12-31-33(2)15-19/h3-6,11-17,37H,7-10H2,1-2H3/p+1/t26-/m0/s1. The third-order valence-electron chi connectivity index (χ3n) is 6.94. The summed E-state index contributed by atoms with van der Waals surface area (Å²) >= 11 is 0. The summed E-state index contributed by atoms with van der Waals surface area (Å²) in [5.41, 5.74) is 2.92. The molecule has 10 nitrogen and oxygen atoms in total. The Labute approximate surface area is 212 Å². The predicted octanol–water partition coefficient (Wildman–Crippen LogP) is 2.06. The lowest BCUT2D eigenvalue weighted by Crippen LogP contribution is -2.47. The fourth-order valence-corrected chi connectivity index (χ4v) is 4.73. The Morgan fingerprint density at radius 2 is 1.68 bits per heavy atom. The highest BCUT2D eigenvalue weighted by atomic mass is 19.1. The summed E-state index contributed by atoms with van der Waals surface area (Å²) in [5, 5.41) is 18.6. The molecule has 188 valence electrons. The number of aromatic nitrogens is 7. The zero-order chi connectivity index (χ0) is 25.6. The van der Waals surface area contributed by atoms with Crippen molar-refractivity contribution in [3.63, 3.8) is 0 Å². The molecule has 11 heteroatoms. The summed E-state index contributed by atoms with van der Waals surface area (Å²) in [7, 11) is 1.95. The van der Waals surface area contributed by atoms with Crippen molar-refractivity contribution in [3.8, 4) is 11.1 Å². The maximum absolute atomic E-state index is 13.3. The molecule has 5 aromatic rings. The van der Waals surface area contributed by atoms with Crippen LogP contribution in [0.25, 0.3) is 16.6 Å². The Kier molecular flexibility index (Phi) is 5.56. The number of benzene rings is 1. The lowest BCUT2D eigenvalue weighted by atomic mass is 9.90. The van der Waals surface area contributed by atoms with Crippen molar-refractivity contribution in [2.24, 2.45) is 7.05 Å². The predicted molar refractivity (Wildman–Crippen MR) is 135 cm³/mol. The van der Waals surface area contributed by atoms with Crippen molar-refractivity contribution in [1.82, 2.24) is 29.7 Å². The fourth-order valence-electron chi connectivity index (χ4n) is 4.73. The third-order valence-corrected chi connectivity index (χ3v) is 6.94. The highest BCUT2D eigenvalue weighted by Gasteiger charge is 2.28. The average Bonchev–Trinajstić information content (AvgIpc) is 3.55. The van der Waals surface area contributed by atoms with E-state index in [0.29, 0.717) is 17.1 Å². The summed E-state index contributed by atoms with van der Waals surface area (Å²) in [5.74, 6) is 1.16. The molecule has 1 saturated heterocycles. The highest BCUT2D eigenvalue weighted by molar-refractivity contribution is 5.77. The van der Waals surface area contributed by atoms with Crippen LogP contribution in [0.4, 0.5) is 16.2 Å². The largest absolute Gasteiger partial charge is 0.381 e. The number of fused-ring (bicyclic) bond motifs is 1. The Morgan fingerprint density at radius 1 is 0.973 bits per heavy atom. The molecule has 0 saturated carbocycles. The average molecular weight is 501 g/mol. The van der Waals surface area contributed by atoms with Crippen LogP contribution in [-0.2, 0) is 12.6 Å². The van der Waals surface area contributed by atoms with Gasteiger partial charge in [0.1, 0.15) is 23.3 Å². The molecule has 0 bridgehead atoms. The van der Waals surface area contributed by atoms with Crippen molar-refractivity contribution >= 4 is 17.3 Å². The van der Waals surface area contributed by atoms with E-state index >= 15 is 0 Å². The van der Waals surface area contributed by atoms with Gasteiger partial charge in [-0.1, -0.05) is 12.1 Å². The van der Waals surface area contributed by atoms with Crippen molar-refractivity contribution in [3.05, 3.63) is 84.6 Å². The number of rotatable bonds is 5. The molecule has 4 aromatic heterocycles. The van der Waals surface area contributed by atoms with Gasteiger partial charge in [0.25, 0.3) is 0 Å². The first-order valence-corrected chi connectivity index (χ1v) is 12.1. The second-order valence-corrected chi connectivity index (χ2v) is 9.44. The van der Waals surface area contributed by atoms with Crippen LogP contribution < -0.4 is 14.5 Å². The molecule has 1 fully saturated rings. The van der Waals surface area contributed by atoms with Crippen molar-refractivity contribution in [1.29, 1.82) is 0 Å². The Hall–Kier alpha value is -4.38. The molecule has 0 amide bonds. The molecular weight excluding hydrogens is 473 g/mol. The summed E-state index contributed by atoms with van der Waals surface area (Å²) < 4.78 is 17.1. The summed E-state index contributed by atoms with van der Waals surface area (Å²) in [6, 6.07) is 7.91. The minimum atomic E-state index is -1.32. The molecule has 0 unspecified atom stereocenters. The number of H-pyrrole nitrogens is 1. The molecule has 0 aliphatic carbocycles. The molecule has 1 aliphatic heterocycles. The highest BCUT2D eigenvalue weighted by Crippen LogP contribution is 2.30. The fraction of sp³-hybridized carbons (Fsp3) is 0.269. The van der Waals surface area contributed by atoms with Gasteiger partial charge in [-0.2, -0.15) is 10.2 Å². The number of hydrogen-bond acceptors (Lipinski definition) is 7. The van der Waals surface area contributed by atoms with Crippen LogP contribution in [0.15, 0.2) is 67.6 Å². The minimum absolute atomic E-state index is 0.347. The van der Waals surface area contributed by atoms with E-state index in [0.717, 1.165) is 48.6 Å². The van der Waals surface area contributed by atoms with Gasteiger partial charge in [0.05, 0.1) is 11.8 Å². The van der Waals surface area contributed by atoms with Crippen molar-refractivity contribution in [2.45, 2.75) is 12.5 Å². The van der Waals surface area contributed by atoms with Crippen LogP contribution in [0.5, 0.6) is 0 Å². The first kappa shape index (κ1) is 23.0. The number of piperazine rings is 1. The monoisotopic (exact) mass is 500 g/mol. The van der Waals surface area contributed by atoms with Gasteiger partial charge in [-0.05, 0) is 30.7 Å². The number of halogens is 1. The topological polar surface area (TPSA) is 102 Å². The van der Waals surface area contributed by atoms with Gasteiger partial charge in [0.2, 0.25) is 12.1 Å². The number of nitrogens with one attached hydrogen (secondary N) is 1. The molecule has 5 heterocycles. The first-order chi connectivity index (χ1) is 17.9. The first-order valence-electron chi connectivity index (χ1n) is 12.1. The van der Waals surface area contributed by atoms with E-state index in [1.54, 1.807) is 37.8 Å². The molecule has 1 aliphatic rings. The molecule has 2 N–H and O–H groups in total. The zero-order valence-electron chi connectivity index (χ0n) is 20.6. The number of anilines is 2. The van der Waals surface area contributed by atoms with Gasteiger partial charge < -0.3 is 14.9 Å². The molecule has 0 spiro atoms. The molecule has 6 rings (SSSR count). The summed E-state index contributed by atoms with van der Waals surface area (Å²) in [6.45, 7) is 4.62. The van der Waals surface area contributed by atoms with Crippen LogP contribution >= 0.6 is 0 Å². The maximum atomic E-state index is 13.3. The molecular formula is C26H27FN9O+. The van der Waals surface area contributed by atoms with Gasteiger partial charge in [0, 0.05) is 55.9 Å². The van der Waals surface area contributed by atoms with Gasteiger partial charge in [-0.15, -0.1) is 4.68 Å². The smallest absolute Gasteiger partial charge is 0.225 e. The van der Waals surface area contributed by atoms with Crippen LogP contribution in [0.3, 0.4) is 0 Å². The van der Waals surface area contributed by atoms with Gasteiger partial charge in [0.15, 0.2) is 12.9 Å². The number of aliphatic hydroxyl groups is 1. The van der Waals surface area contributed by atoms with E-state index in [1.807, 2.05) is 34.8 Å². The SMILES string of the molecule is C[n+]1cc(-c2cc3c(N4CCN(c5ncc([C@@](C)(O)c6ccc(F)cc6)cn5)CC4)ncnn3c2)c[nH]1. The maximum Gasteiger partial charge on any atom is 0.225 e. The third kappa shape index (κ3) is 4.27.